The van der Waals surface area contributed by atoms with Gasteiger partial charge in [0.05, 0.1) is 13.1 Å². The fourth-order valence-corrected chi connectivity index (χ4v) is 3.47. The SMILES string of the molecule is CCNC(=NCC(C)N(C)Cc1ccccc1)NC1CCN(CC(=O)N(C)C)CC1. The number of amides is 1. The van der Waals surface area contributed by atoms with Gasteiger partial charge in [-0.2, -0.15) is 0 Å². The van der Waals surface area contributed by atoms with Crippen LogP contribution in [-0.4, -0.2) is 92.5 Å². The Hall–Kier alpha value is -2.12. The fourth-order valence-electron chi connectivity index (χ4n) is 3.47. The van der Waals surface area contributed by atoms with E-state index < -0.39 is 0 Å². The number of carbonyl (C=O) groups excluding carboxylic acids is 1. The average molecular weight is 417 g/mol. The first-order chi connectivity index (χ1) is 14.4. The molecule has 1 amide bonds. The molecule has 0 spiro atoms. The predicted octanol–water partition coefficient (Wildman–Crippen LogP) is 1.61. The first-order valence-electron chi connectivity index (χ1n) is 11.1. The molecule has 1 aromatic rings. The van der Waals surface area contributed by atoms with Gasteiger partial charge in [-0.1, -0.05) is 30.3 Å². The van der Waals surface area contributed by atoms with Crippen molar-refractivity contribution in [3.05, 3.63) is 35.9 Å². The molecule has 1 aliphatic heterocycles. The van der Waals surface area contributed by atoms with E-state index in [9.17, 15) is 4.79 Å². The minimum Gasteiger partial charge on any atom is -0.357 e. The van der Waals surface area contributed by atoms with E-state index in [0.717, 1.165) is 51.5 Å². The molecule has 7 nitrogen and oxygen atoms in total. The molecule has 168 valence electrons. The van der Waals surface area contributed by atoms with E-state index in [2.05, 4.69) is 71.7 Å². The number of benzene rings is 1. The number of likely N-dealkylation sites (tertiary alicyclic amines) is 1. The Labute approximate surface area is 182 Å². The summed E-state index contributed by atoms with van der Waals surface area (Å²) in [6.07, 6.45) is 2.04. The van der Waals surface area contributed by atoms with Crippen LogP contribution in [0.2, 0.25) is 0 Å². The maximum absolute atomic E-state index is 11.9. The normalized spacial score (nSPS) is 17.1. The first-order valence-corrected chi connectivity index (χ1v) is 11.1. The van der Waals surface area contributed by atoms with Crippen molar-refractivity contribution < 1.29 is 4.79 Å². The molecule has 30 heavy (non-hydrogen) atoms. The number of likely N-dealkylation sites (N-methyl/N-ethyl adjacent to an activating group) is 2. The summed E-state index contributed by atoms with van der Waals surface area (Å²) >= 11 is 0. The largest absolute Gasteiger partial charge is 0.357 e. The molecule has 1 aliphatic rings. The number of nitrogens with zero attached hydrogens (tertiary/aromatic N) is 4. The van der Waals surface area contributed by atoms with Gasteiger partial charge in [-0.15, -0.1) is 0 Å². The maximum atomic E-state index is 11.9. The van der Waals surface area contributed by atoms with Crippen molar-refractivity contribution in [1.29, 1.82) is 0 Å². The maximum Gasteiger partial charge on any atom is 0.236 e. The summed E-state index contributed by atoms with van der Waals surface area (Å²) in [6, 6.07) is 11.3. The summed E-state index contributed by atoms with van der Waals surface area (Å²) in [4.78, 5) is 23.0. The average Bonchev–Trinajstić information content (AvgIpc) is 2.73. The highest BCUT2D eigenvalue weighted by Crippen LogP contribution is 2.11. The van der Waals surface area contributed by atoms with Crippen LogP contribution in [0.25, 0.3) is 0 Å². The van der Waals surface area contributed by atoms with Crippen LogP contribution in [0.3, 0.4) is 0 Å². The molecule has 1 atom stereocenters. The summed E-state index contributed by atoms with van der Waals surface area (Å²) in [6.45, 7) is 9.21. The molecule has 7 heteroatoms. The zero-order chi connectivity index (χ0) is 21.9. The van der Waals surface area contributed by atoms with Crippen LogP contribution in [0.4, 0.5) is 0 Å². The third kappa shape index (κ3) is 8.32. The molecule has 2 N–H and O–H groups in total. The Balaban J connectivity index is 1.80. The van der Waals surface area contributed by atoms with Gasteiger partial charge in [0.15, 0.2) is 5.96 Å². The van der Waals surface area contributed by atoms with Crippen molar-refractivity contribution in [2.75, 3.05) is 53.9 Å². The van der Waals surface area contributed by atoms with E-state index >= 15 is 0 Å². The molecule has 0 aliphatic carbocycles. The van der Waals surface area contributed by atoms with Crippen molar-refractivity contribution in [3.63, 3.8) is 0 Å². The van der Waals surface area contributed by atoms with Gasteiger partial charge >= 0.3 is 0 Å². The van der Waals surface area contributed by atoms with Crippen molar-refractivity contribution in [2.45, 2.75) is 45.3 Å². The summed E-state index contributed by atoms with van der Waals surface area (Å²) in [5.41, 5.74) is 1.32. The molecule has 0 radical (unpaired) electrons. The van der Waals surface area contributed by atoms with Crippen LogP contribution in [-0.2, 0) is 11.3 Å². The molecule has 2 rings (SSSR count). The molecular weight excluding hydrogens is 376 g/mol. The Morgan fingerprint density at radius 1 is 1.20 bits per heavy atom. The van der Waals surface area contributed by atoms with Crippen molar-refractivity contribution >= 4 is 11.9 Å². The van der Waals surface area contributed by atoms with Crippen LogP contribution in [0.15, 0.2) is 35.3 Å². The lowest BCUT2D eigenvalue weighted by atomic mass is 10.1. The topological polar surface area (TPSA) is 63.2 Å². The van der Waals surface area contributed by atoms with Gasteiger partial charge in [0.25, 0.3) is 0 Å². The van der Waals surface area contributed by atoms with Crippen LogP contribution < -0.4 is 10.6 Å². The van der Waals surface area contributed by atoms with E-state index in [0.29, 0.717) is 18.6 Å². The van der Waals surface area contributed by atoms with E-state index in [4.69, 9.17) is 4.99 Å². The number of hydrogen-bond acceptors (Lipinski definition) is 4. The Morgan fingerprint density at radius 3 is 2.47 bits per heavy atom. The molecule has 1 saturated heterocycles. The second-order valence-corrected chi connectivity index (χ2v) is 8.45. The number of piperidine rings is 1. The second-order valence-electron chi connectivity index (χ2n) is 8.45. The van der Waals surface area contributed by atoms with Gasteiger partial charge in [0.1, 0.15) is 0 Å². The monoisotopic (exact) mass is 416 g/mol. The molecule has 1 unspecified atom stereocenters. The number of carbonyl (C=O) groups is 1. The quantitative estimate of drug-likeness (QED) is 0.473. The lowest BCUT2D eigenvalue weighted by Gasteiger charge is -2.33. The van der Waals surface area contributed by atoms with Crippen molar-refractivity contribution in [2.24, 2.45) is 4.99 Å². The lowest BCUT2D eigenvalue weighted by molar-refractivity contribution is -0.130. The highest BCUT2D eigenvalue weighted by Gasteiger charge is 2.22. The number of guanidine groups is 1. The van der Waals surface area contributed by atoms with Gasteiger partial charge < -0.3 is 15.5 Å². The fraction of sp³-hybridized carbons (Fsp3) is 0.652. The number of nitrogens with one attached hydrogen (secondary N) is 2. The third-order valence-electron chi connectivity index (χ3n) is 5.67. The number of rotatable bonds is 9. The molecule has 1 aromatic carbocycles. The summed E-state index contributed by atoms with van der Waals surface area (Å²) in [5, 5.41) is 6.97. The van der Waals surface area contributed by atoms with E-state index in [1.54, 1.807) is 4.90 Å². The van der Waals surface area contributed by atoms with E-state index in [1.165, 1.54) is 5.56 Å². The van der Waals surface area contributed by atoms with Gasteiger partial charge in [-0.05, 0) is 39.3 Å². The number of aliphatic imine (C=N–C) groups is 1. The first kappa shape index (κ1) is 24.2. The summed E-state index contributed by atoms with van der Waals surface area (Å²) in [5.74, 6) is 1.06. The van der Waals surface area contributed by atoms with Gasteiger partial charge in [-0.3, -0.25) is 19.6 Å². The second kappa shape index (κ2) is 12.5. The molecule has 1 fully saturated rings. The Morgan fingerprint density at radius 2 is 1.87 bits per heavy atom. The van der Waals surface area contributed by atoms with Crippen molar-refractivity contribution in [1.82, 2.24) is 25.3 Å². The molecule has 0 saturated carbocycles. The lowest BCUT2D eigenvalue weighted by Crippen LogP contribution is -2.50. The van der Waals surface area contributed by atoms with Gasteiger partial charge in [0, 0.05) is 52.4 Å². The Bertz CT molecular complexity index is 655. The highest BCUT2D eigenvalue weighted by molar-refractivity contribution is 5.80. The van der Waals surface area contributed by atoms with Gasteiger partial charge in [-0.25, -0.2) is 0 Å². The Kier molecular flexibility index (Phi) is 10.1. The zero-order valence-electron chi connectivity index (χ0n) is 19.4. The minimum absolute atomic E-state index is 0.171. The predicted molar refractivity (Wildman–Crippen MR) is 125 cm³/mol. The van der Waals surface area contributed by atoms with Crippen LogP contribution in [0, 0.1) is 0 Å². The van der Waals surface area contributed by atoms with Crippen LogP contribution >= 0.6 is 0 Å². The van der Waals surface area contributed by atoms with E-state index in [1.807, 2.05) is 14.1 Å². The summed E-state index contributed by atoms with van der Waals surface area (Å²) in [7, 11) is 5.78. The zero-order valence-corrected chi connectivity index (χ0v) is 19.4. The third-order valence-corrected chi connectivity index (χ3v) is 5.67. The van der Waals surface area contributed by atoms with Crippen molar-refractivity contribution in [3.8, 4) is 0 Å². The molecule has 0 bridgehead atoms. The van der Waals surface area contributed by atoms with Crippen LogP contribution in [0.1, 0.15) is 32.3 Å². The summed E-state index contributed by atoms with van der Waals surface area (Å²) < 4.78 is 0. The molecule has 0 aromatic heterocycles. The van der Waals surface area contributed by atoms with Gasteiger partial charge in [0.2, 0.25) is 5.91 Å². The minimum atomic E-state index is 0.171. The smallest absolute Gasteiger partial charge is 0.236 e. The van der Waals surface area contributed by atoms with Crippen LogP contribution in [0.5, 0.6) is 0 Å². The molecule has 1 heterocycles. The molecular formula is C23H40N6O. The number of hydrogen-bond donors (Lipinski definition) is 2. The van der Waals surface area contributed by atoms with E-state index in [-0.39, 0.29) is 5.91 Å². The highest BCUT2D eigenvalue weighted by atomic mass is 16.2. The standard InChI is InChI=1S/C23H40N6O/c1-6-24-23(25-16-19(2)28(5)17-20-10-8-7-9-11-20)26-21-12-14-29(15-13-21)18-22(30)27(3)4/h7-11,19,21H,6,12-18H2,1-5H3,(H2,24,25,26).